The Labute approximate surface area is 118 Å². The molecule has 0 unspecified atom stereocenters. The highest BCUT2D eigenvalue weighted by molar-refractivity contribution is 7.09. The molecule has 0 fully saturated rings. The smallest absolute Gasteiger partial charge is 0.132 e. The SMILES string of the molecule is c1csc(CCNc2ncnc3c2CCCCC3)c1. The second-order valence-corrected chi connectivity index (χ2v) is 6.00. The summed E-state index contributed by atoms with van der Waals surface area (Å²) in [4.78, 5) is 10.3. The standard InChI is InChI=1S/C15H19N3S/c1-2-6-13-14(7-3-1)17-11-18-15(13)16-9-8-12-5-4-10-19-12/h4-5,10-11H,1-3,6-9H2,(H,16,17,18). The lowest BCUT2D eigenvalue weighted by molar-refractivity contribution is 0.708. The van der Waals surface area contributed by atoms with Crippen LogP contribution < -0.4 is 5.32 Å². The molecular formula is C15H19N3S. The van der Waals surface area contributed by atoms with Gasteiger partial charge in [-0.3, -0.25) is 0 Å². The van der Waals surface area contributed by atoms with Gasteiger partial charge < -0.3 is 5.32 Å². The number of hydrogen-bond acceptors (Lipinski definition) is 4. The number of thiophene rings is 1. The fourth-order valence-corrected chi connectivity index (χ4v) is 3.32. The normalized spacial score (nSPS) is 14.7. The third-order valence-electron chi connectivity index (χ3n) is 3.62. The van der Waals surface area contributed by atoms with Crippen LogP contribution in [-0.2, 0) is 19.3 Å². The zero-order valence-corrected chi connectivity index (χ0v) is 11.9. The highest BCUT2D eigenvalue weighted by Gasteiger charge is 2.13. The van der Waals surface area contributed by atoms with Crippen LogP contribution in [0.15, 0.2) is 23.8 Å². The summed E-state index contributed by atoms with van der Waals surface area (Å²) < 4.78 is 0. The summed E-state index contributed by atoms with van der Waals surface area (Å²) in [7, 11) is 0. The molecule has 0 radical (unpaired) electrons. The third kappa shape index (κ3) is 3.13. The number of nitrogens with zero attached hydrogens (tertiary/aromatic N) is 2. The molecule has 2 aromatic heterocycles. The van der Waals surface area contributed by atoms with Gasteiger partial charge in [0.25, 0.3) is 0 Å². The van der Waals surface area contributed by atoms with E-state index in [2.05, 4.69) is 32.8 Å². The minimum atomic E-state index is 0.948. The van der Waals surface area contributed by atoms with Crippen LogP contribution in [0.3, 0.4) is 0 Å². The van der Waals surface area contributed by atoms with Crippen LogP contribution >= 0.6 is 11.3 Å². The monoisotopic (exact) mass is 273 g/mol. The average Bonchev–Trinajstić information content (AvgIpc) is 2.82. The van der Waals surface area contributed by atoms with Crippen molar-refractivity contribution in [2.24, 2.45) is 0 Å². The Morgan fingerprint density at radius 3 is 3.00 bits per heavy atom. The molecule has 4 heteroatoms. The van der Waals surface area contributed by atoms with E-state index in [0.29, 0.717) is 0 Å². The van der Waals surface area contributed by atoms with Crippen molar-refractivity contribution in [3.63, 3.8) is 0 Å². The molecule has 0 bridgehead atoms. The van der Waals surface area contributed by atoms with Crippen molar-refractivity contribution in [2.45, 2.75) is 38.5 Å². The Balaban J connectivity index is 1.67. The lowest BCUT2D eigenvalue weighted by Crippen LogP contribution is -2.10. The van der Waals surface area contributed by atoms with Crippen molar-refractivity contribution in [1.29, 1.82) is 0 Å². The number of nitrogens with one attached hydrogen (secondary N) is 1. The van der Waals surface area contributed by atoms with E-state index >= 15 is 0 Å². The first kappa shape index (κ1) is 12.6. The molecule has 19 heavy (non-hydrogen) atoms. The molecule has 2 heterocycles. The maximum absolute atomic E-state index is 4.45. The molecule has 0 saturated heterocycles. The number of rotatable bonds is 4. The Bertz CT molecular complexity index is 522. The molecule has 1 N–H and O–H groups in total. The van der Waals surface area contributed by atoms with Crippen LogP contribution in [0, 0.1) is 0 Å². The van der Waals surface area contributed by atoms with Gasteiger partial charge in [0.05, 0.1) is 0 Å². The third-order valence-corrected chi connectivity index (χ3v) is 4.56. The number of fused-ring (bicyclic) bond motifs is 1. The average molecular weight is 273 g/mol. The van der Waals surface area contributed by atoms with E-state index in [-0.39, 0.29) is 0 Å². The fourth-order valence-electron chi connectivity index (χ4n) is 2.61. The number of aromatic nitrogens is 2. The van der Waals surface area contributed by atoms with Crippen molar-refractivity contribution in [3.05, 3.63) is 40.0 Å². The van der Waals surface area contributed by atoms with Crippen LogP contribution in [-0.4, -0.2) is 16.5 Å². The van der Waals surface area contributed by atoms with Gasteiger partial charge in [0.2, 0.25) is 0 Å². The van der Waals surface area contributed by atoms with Gasteiger partial charge in [0.1, 0.15) is 12.1 Å². The largest absolute Gasteiger partial charge is 0.369 e. The van der Waals surface area contributed by atoms with Gasteiger partial charge in [-0.1, -0.05) is 12.5 Å². The molecule has 100 valence electrons. The lowest BCUT2D eigenvalue weighted by atomic mass is 10.1. The predicted molar refractivity (Wildman–Crippen MR) is 79.8 cm³/mol. The lowest BCUT2D eigenvalue weighted by Gasteiger charge is -2.11. The molecule has 0 spiro atoms. The Morgan fingerprint density at radius 2 is 2.11 bits per heavy atom. The Morgan fingerprint density at radius 1 is 1.16 bits per heavy atom. The van der Waals surface area contributed by atoms with E-state index in [1.54, 1.807) is 6.33 Å². The van der Waals surface area contributed by atoms with Crippen LogP contribution in [0.5, 0.6) is 0 Å². The first-order valence-corrected chi connectivity index (χ1v) is 7.90. The van der Waals surface area contributed by atoms with Gasteiger partial charge in [-0.2, -0.15) is 0 Å². The first-order chi connectivity index (χ1) is 9.43. The Kier molecular flexibility index (Phi) is 4.08. The molecule has 3 rings (SSSR count). The molecule has 0 saturated carbocycles. The van der Waals surface area contributed by atoms with Gasteiger partial charge in [-0.15, -0.1) is 11.3 Å². The molecule has 2 aromatic rings. The van der Waals surface area contributed by atoms with E-state index < -0.39 is 0 Å². The summed E-state index contributed by atoms with van der Waals surface area (Å²) in [6.45, 7) is 0.948. The zero-order chi connectivity index (χ0) is 12.9. The zero-order valence-electron chi connectivity index (χ0n) is 11.1. The Hall–Kier alpha value is -1.42. The van der Waals surface area contributed by atoms with Gasteiger partial charge in [-0.25, -0.2) is 9.97 Å². The van der Waals surface area contributed by atoms with Gasteiger partial charge in [-0.05, 0) is 43.6 Å². The van der Waals surface area contributed by atoms with Crippen molar-refractivity contribution in [2.75, 3.05) is 11.9 Å². The number of anilines is 1. The summed E-state index contributed by atoms with van der Waals surface area (Å²) in [5, 5.41) is 5.63. The van der Waals surface area contributed by atoms with Gasteiger partial charge in [0, 0.05) is 22.7 Å². The van der Waals surface area contributed by atoms with Crippen LogP contribution in [0.2, 0.25) is 0 Å². The molecule has 0 aromatic carbocycles. The van der Waals surface area contributed by atoms with Crippen LogP contribution in [0.25, 0.3) is 0 Å². The fraction of sp³-hybridized carbons (Fsp3) is 0.467. The first-order valence-electron chi connectivity index (χ1n) is 7.02. The molecule has 1 aliphatic rings. The molecule has 0 amide bonds. The van der Waals surface area contributed by atoms with Crippen molar-refractivity contribution < 1.29 is 0 Å². The molecule has 1 aliphatic carbocycles. The van der Waals surface area contributed by atoms with E-state index in [4.69, 9.17) is 0 Å². The maximum Gasteiger partial charge on any atom is 0.132 e. The highest BCUT2D eigenvalue weighted by Crippen LogP contribution is 2.23. The summed E-state index contributed by atoms with van der Waals surface area (Å²) in [5.74, 6) is 1.06. The van der Waals surface area contributed by atoms with E-state index in [0.717, 1.165) is 31.6 Å². The maximum atomic E-state index is 4.45. The van der Waals surface area contributed by atoms with Crippen molar-refractivity contribution in [3.8, 4) is 0 Å². The van der Waals surface area contributed by atoms with Crippen molar-refractivity contribution in [1.82, 2.24) is 9.97 Å². The van der Waals surface area contributed by atoms with Gasteiger partial charge in [0.15, 0.2) is 0 Å². The molecular weight excluding hydrogens is 254 g/mol. The van der Waals surface area contributed by atoms with E-state index in [9.17, 15) is 0 Å². The minimum Gasteiger partial charge on any atom is -0.369 e. The molecule has 3 nitrogen and oxygen atoms in total. The second-order valence-electron chi connectivity index (χ2n) is 4.96. The summed E-state index contributed by atoms with van der Waals surface area (Å²) in [6, 6.07) is 4.30. The quantitative estimate of drug-likeness (QED) is 0.867. The number of aryl methyl sites for hydroxylation is 1. The minimum absolute atomic E-state index is 0.948. The molecule has 0 atom stereocenters. The van der Waals surface area contributed by atoms with Gasteiger partial charge >= 0.3 is 0 Å². The molecule has 0 aliphatic heterocycles. The topological polar surface area (TPSA) is 37.8 Å². The number of hydrogen-bond donors (Lipinski definition) is 1. The summed E-state index contributed by atoms with van der Waals surface area (Å²) in [5.41, 5.74) is 2.61. The summed E-state index contributed by atoms with van der Waals surface area (Å²) >= 11 is 1.82. The second kappa shape index (κ2) is 6.15. The van der Waals surface area contributed by atoms with Crippen molar-refractivity contribution >= 4 is 17.2 Å². The van der Waals surface area contributed by atoms with Crippen LogP contribution in [0.4, 0.5) is 5.82 Å². The van der Waals surface area contributed by atoms with E-state index in [1.807, 2.05) is 11.3 Å². The highest BCUT2D eigenvalue weighted by atomic mass is 32.1. The summed E-state index contributed by atoms with van der Waals surface area (Å²) in [6.07, 6.45) is 8.84. The van der Waals surface area contributed by atoms with Crippen LogP contribution in [0.1, 0.15) is 35.4 Å². The predicted octanol–water partition coefficient (Wildman–Crippen LogP) is 3.46. The van der Waals surface area contributed by atoms with E-state index in [1.165, 1.54) is 35.4 Å².